The standard InChI is InChI=1S/C25H25NO/c1-26(2)16-19-9-12-22(15-19)24-14-13-20-5-3-4-6-23(20)25(24)21-10-7-18(17-27)8-11-21/h3-15,22,27H,16-17H2,1-2H3. The molecule has 2 heteroatoms. The van der Waals surface area contributed by atoms with Crippen LogP contribution in [0.25, 0.3) is 21.9 Å². The largest absolute Gasteiger partial charge is 0.392 e. The van der Waals surface area contributed by atoms with Crippen molar-refractivity contribution in [1.82, 2.24) is 4.90 Å². The SMILES string of the molecule is CN(C)CC1=CC(c2ccc3ccccc3c2-c2ccc(CO)cc2)C=C1. The van der Waals surface area contributed by atoms with Gasteiger partial charge in [-0.3, -0.25) is 0 Å². The van der Waals surface area contributed by atoms with Gasteiger partial charge in [-0.05, 0) is 52.7 Å². The predicted molar refractivity (Wildman–Crippen MR) is 114 cm³/mol. The fourth-order valence-corrected chi connectivity index (χ4v) is 3.90. The van der Waals surface area contributed by atoms with E-state index in [0.717, 1.165) is 12.1 Å². The molecule has 0 saturated carbocycles. The van der Waals surface area contributed by atoms with Crippen molar-refractivity contribution in [3.63, 3.8) is 0 Å². The van der Waals surface area contributed by atoms with Gasteiger partial charge in [0.25, 0.3) is 0 Å². The number of fused-ring (bicyclic) bond motifs is 1. The molecule has 1 aliphatic rings. The molecule has 1 atom stereocenters. The fourth-order valence-electron chi connectivity index (χ4n) is 3.90. The van der Waals surface area contributed by atoms with E-state index in [9.17, 15) is 5.11 Å². The maximum Gasteiger partial charge on any atom is 0.0681 e. The molecule has 0 aliphatic heterocycles. The molecule has 0 fully saturated rings. The average Bonchev–Trinajstić information content (AvgIpc) is 3.14. The van der Waals surface area contributed by atoms with Gasteiger partial charge < -0.3 is 10.0 Å². The van der Waals surface area contributed by atoms with Gasteiger partial charge in [-0.1, -0.05) is 78.9 Å². The van der Waals surface area contributed by atoms with Gasteiger partial charge in [-0.2, -0.15) is 0 Å². The van der Waals surface area contributed by atoms with E-state index in [2.05, 4.69) is 85.8 Å². The molecule has 2 nitrogen and oxygen atoms in total. The van der Waals surface area contributed by atoms with Crippen molar-refractivity contribution in [1.29, 1.82) is 0 Å². The van der Waals surface area contributed by atoms with Gasteiger partial charge >= 0.3 is 0 Å². The molecule has 1 aliphatic carbocycles. The molecule has 1 N–H and O–H groups in total. The average molecular weight is 355 g/mol. The summed E-state index contributed by atoms with van der Waals surface area (Å²) in [5.74, 6) is 0.289. The quantitative estimate of drug-likeness (QED) is 0.685. The van der Waals surface area contributed by atoms with E-state index < -0.39 is 0 Å². The van der Waals surface area contributed by atoms with Crippen LogP contribution in [-0.2, 0) is 6.61 Å². The van der Waals surface area contributed by atoms with Crippen LogP contribution >= 0.6 is 0 Å². The first kappa shape index (κ1) is 17.7. The van der Waals surface area contributed by atoms with Crippen molar-refractivity contribution >= 4 is 10.8 Å². The third-order valence-electron chi connectivity index (χ3n) is 5.16. The summed E-state index contributed by atoms with van der Waals surface area (Å²) in [5.41, 5.74) is 6.11. The van der Waals surface area contributed by atoms with Crippen LogP contribution in [0.3, 0.4) is 0 Å². The monoisotopic (exact) mass is 355 g/mol. The Kier molecular flexibility index (Phi) is 4.93. The number of aliphatic hydroxyl groups excluding tert-OH is 1. The third-order valence-corrected chi connectivity index (χ3v) is 5.16. The van der Waals surface area contributed by atoms with Gasteiger partial charge in [0.2, 0.25) is 0 Å². The summed E-state index contributed by atoms with van der Waals surface area (Å²) in [7, 11) is 4.21. The van der Waals surface area contributed by atoms with Crippen molar-refractivity contribution in [2.45, 2.75) is 12.5 Å². The number of benzene rings is 3. The zero-order valence-electron chi connectivity index (χ0n) is 15.9. The number of likely N-dealkylation sites (N-methyl/N-ethyl adjacent to an activating group) is 1. The Balaban J connectivity index is 1.86. The molecular formula is C25H25NO. The first-order chi connectivity index (χ1) is 13.2. The first-order valence-electron chi connectivity index (χ1n) is 9.41. The molecule has 0 aromatic heterocycles. The molecule has 0 spiro atoms. The first-order valence-corrected chi connectivity index (χ1v) is 9.41. The van der Waals surface area contributed by atoms with Gasteiger partial charge in [0.15, 0.2) is 0 Å². The molecule has 3 aromatic carbocycles. The lowest BCUT2D eigenvalue weighted by Crippen LogP contribution is -2.13. The number of allylic oxidation sites excluding steroid dienone is 2. The summed E-state index contributed by atoms with van der Waals surface area (Å²) in [5, 5.41) is 11.9. The molecule has 0 amide bonds. The third kappa shape index (κ3) is 3.59. The molecule has 0 saturated heterocycles. The summed E-state index contributed by atoms with van der Waals surface area (Å²) >= 11 is 0. The highest BCUT2D eigenvalue weighted by Gasteiger charge is 2.18. The van der Waals surface area contributed by atoms with Gasteiger partial charge in [-0.15, -0.1) is 0 Å². The van der Waals surface area contributed by atoms with Crippen LogP contribution < -0.4 is 0 Å². The minimum Gasteiger partial charge on any atom is -0.392 e. The highest BCUT2D eigenvalue weighted by atomic mass is 16.3. The fraction of sp³-hybridized carbons (Fsp3) is 0.200. The lowest BCUT2D eigenvalue weighted by Gasteiger charge is -2.17. The topological polar surface area (TPSA) is 23.5 Å². The summed E-state index contributed by atoms with van der Waals surface area (Å²) in [6.45, 7) is 1.03. The van der Waals surface area contributed by atoms with E-state index in [-0.39, 0.29) is 12.5 Å². The number of nitrogens with zero attached hydrogens (tertiary/aromatic N) is 1. The van der Waals surface area contributed by atoms with E-state index in [4.69, 9.17) is 0 Å². The number of rotatable bonds is 5. The Labute approximate surface area is 161 Å². The number of hydrogen-bond acceptors (Lipinski definition) is 2. The Bertz CT molecular complexity index is 1010. The molecule has 27 heavy (non-hydrogen) atoms. The molecule has 0 bridgehead atoms. The van der Waals surface area contributed by atoms with Crippen LogP contribution in [0.15, 0.2) is 84.5 Å². The zero-order valence-corrected chi connectivity index (χ0v) is 15.9. The minimum absolute atomic E-state index is 0.0741. The summed E-state index contributed by atoms with van der Waals surface area (Å²) in [6.07, 6.45) is 6.92. The van der Waals surface area contributed by atoms with Crippen LogP contribution in [0.4, 0.5) is 0 Å². The van der Waals surface area contributed by atoms with Crippen LogP contribution in [0.5, 0.6) is 0 Å². The summed E-state index contributed by atoms with van der Waals surface area (Å²) < 4.78 is 0. The van der Waals surface area contributed by atoms with Crippen molar-refractivity contribution in [3.05, 3.63) is 95.6 Å². The number of hydrogen-bond donors (Lipinski definition) is 1. The molecule has 4 rings (SSSR count). The predicted octanol–water partition coefficient (Wildman–Crippen LogP) is 5.14. The lowest BCUT2D eigenvalue weighted by molar-refractivity contribution is 0.282. The Morgan fingerprint density at radius 3 is 2.44 bits per heavy atom. The van der Waals surface area contributed by atoms with E-state index in [0.29, 0.717) is 0 Å². The lowest BCUT2D eigenvalue weighted by atomic mass is 9.87. The second kappa shape index (κ2) is 7.51. The van der Waals surface area contributed by atoms with Crippen LogP contribution in [-0.4, -0.2) is 30.6 Å². The molecule has 1 unspecified atom stereocenters. The second-order valence-electron chi connectivity index (χ2n) is 7.47. The van der Waals surface area contributed by atoms with Crippen molar-refractivity contribution in [2.75, 3.05) is 20.6 Å². The highest BCUT2D eigenvalue weighted by molar-refractivity contribution is 5.98. The van der Waals surface area contributed by atoms with Crippen molar-refractivity contribution in [2.24, 2.45) is 0 Å². The van der Waals surface area contributed by atoms with Crippen LogP contribution in [0.1, 0.15) is 17.0 Å². The van der Waals surface area contributed by atoms with Gasteiger partial charge in [0.05, 0.1) is 6.61 Å². The summed E-state index contributed by atoms with van der Waals surface area (Å²) in [6, 6.07) is 21.3. The van der Waals surface area contributed by atoms with E-state index in [1.54, 1.807) is 0 Å². The summed E-state index contributed by atoms with van der Waals surface area (Å²) in [4.78, 5) is 2.20. The van der Waals surface area contributed by atoms with Crippen molar-refractivity contribution in [3.8, 4) is 11.1 Å². The van der Waals surface area contributed by atoms with E-state index in [1.807, 2.05) is 12.1 Å². The van der Waals surface area contributed by atoms with Gasteiger partial charge in [-0.25, -0.2) is 0 Å². The van der Waals surface area contributed by atoms with Gasteiger partial charge in [0.1, 0.15) is 0 Å². The Morgan fingerprint density at radius 1 is 0.926 bits per heavy atom. The Morgan fingerprint density at radius 2 is 1.70 bits per heavy atom. The molecular weight excluding hydrogens is 330 g/mol. The highest BCUT2D eigenvalue weighted by Crippen LogP contribution is 2.39. The van der Waals surface area contributed by atoms with E-state index in [1.165, 1.54) is 33.0 Å². The smallest absolute Gasteiger partial charge is 0.0681 e. The Hall–Kier alpha value is -2.68. The van der Waals surface area contributed by atoms with Crippen LogP contribution in [0, 0.1) is 0 Å². The minimum atomic E-state index is 0.0741. The molecule has 136 valence electrons. The van der Waals surface area contributed by atoms with Gasteiger partial charge in [0, 0.05) is 12.5 Å². The normalized spacial score (nSPS) is 16.3. The second-order valence-corrected chi connectivity index (χ2v) is 7.47. The zero-order chi connectivity index (χ0) is 18.8. The number of aliphatic hydroxyl groups is 1. The maximum absolute atomic E-state index is 9.38. The molecule has 0 heterocycles. The maximum atomic E-state index is 9.38. The molecule has 3 aromatic rings. The van der Waals surface area contributed by atoms with Crippen LogP contribution in [0.2, 0.25) is 0 Å². The van der Waals surface area contributed by atoms with Crippen molar-refractivity contribution < 1.29 is 5.11 Å². The van der Waals surface area contributed by atoms with E-state index >= 15 is 0 Å². The molecule has 0 radical (unpaired) electrons.